The van der Waals surface area contributed by atoms with Gasteiger partial charge < -0.3 is 5.32 Å². The average molecular weight is 295 g/mol. The maximum atomic E-state index is 11.9. The monoisotopic (exact) mass is 295 g/mol. The third-order valence-corrected chi connectivity index (χ3v) is 3.86. The molecule has 1 amide bonds. The maximum absolute atomic E-state index is 11.9. The molecule has 2 rings (SSSR count). The van der Waals surface area contributed by atoms with Crippen LogP contribution in [0, 0.1) is 6.92 Å². The van der Waals surface area contributed by atoms with Crippen LogP contribution in [-0.4, -0.2) is 5.91 Å². The summed E-state index contributed by atoms with van der Waals surface area (Å²) in [4.78, 5) is 11.9. The molecule has 0 aliphatic rings. The van der Waals surface area contributed by atoms with E-state index < -0.39 is 0 Å². The molecule has 2 heteroatoms. The molecule has 116 valence electrons. The van der Waals surface area contributed by atoms with Crippen LogP contribution < -0.4 is 5.32 Å². The number of benzene rings is 2. The third kappa shape index (κ3) is 5.03. The topological polar surface area (TPSA) is 29.1 Å². The second-order valence-corrected chi connectivity index (χ2v) is 6.16. The van der Waals surface area contributed by atoms with Gasteiger partial charge in [-0.05, 0) is 36.0 Å². The van der Waals surface area contributed by atoms with E-state index in [0.29, 0.717) is 18.9 Å². The zero-order valence-corrected chi connectivity index (χ0v) is 13.7. The van der Waals surface area contributed by atoms with Gasteiger partial charge >= 0.3 is 0 Å². The van der Waals surface area contributed by atoms with Gasteiger partial charge in [0.25, 0.3) is 0 Å². The van der Waals surface area contributed by atoms with Gasteiger partial charge in [-0.2, -0.15) is 0 Å². The minimum atomic E-state index is 0.106. The number of rotatable bonds is 6. The van der Waals surface area contributed by atoms with Gasteiger partial charge in [0.1, 0.15) is 0 Å². The predicted octanol–water partition coefficient (Wildman–Crippen LogP) is 4.37. The number of hydrogen-bond acceptors (Lipinski definition) is 1. The minimum absolute atomic E-state index is 0.106. The van der Waals surface area contributed by atoms with Crippen LogP contribution in [0.25, 0.3) is 0 Å². The number of hydrogen-bond donors (Lipinski definition) is 1. The highest BCUT2D eigenvalue weighted by atomic mass is 16.1. The van der Waals surface area contributed by atoms with Crippen LogP contribution in [0.4, 0.5) is 0 Å². The largest absolute Gasteiger partial charge is 0.352 e. The van der Waals surface area contributed by atoms with Crippen LogP contribution in [0.2, 0.25) is 0 Å². The smallest absolute Gasteiger partial charge is 0.220 e. The van der Waals surface area contributed by atoms with Crippen LogP contribution in [0.5, 0.6) is 0 Å². The predicted molar refractivity (Wildman–Crippen MR) is 91.9 cm³/mol. The zero-order valence-electron chi connectivity index (χ0n) is 13.7. The van der Waals surface area contributed by atoms with E-state index in [0.717, 1.165) is 12.0 Å². The van der Waals surface area contributed by atoms with Crippen molar-refractivity contribution < 1.29 is 4.79 Å². The summed E-state index contributed by atoms with van der Waals surface area (Å²) in [6.07, 6.45) is 1.32. The quantitative estimate of drug-likeness (QED) is 0.842. The Morgan fingerprint density at radius 2 is 1.77 bits per heavy atom. The van der Waals surface area contributed by atoms with E-state index in [-0.39, 0.29) is 5.91 Å². The Balaban J connectivity index is 1.77. The molecule has 0 aliphatic carbocycles. The van der Waals surface area contributed by atoms with Crippen molar-refractivity contribution in [3.05, 3.63) is 70.8 Å². The molecule has 2 aromatic carbocycles. The van der Waals surface area contributed by atoms with Crippen molar-refractivity contribution in [3.63, 3.8) is 0 Å². The molecule has 0 fully saturated rings. The van der Waals surface area contributed by atoms with Gasteiger partial charge in [-0.15, -0.1) is 0 Å². The standard InChI is InChI=1S/C20H25NO/c1-15(2)19-10-7-17(8-11-19)9-12-20(22)21-14-18-6-4-5-16(3)13-18/h4-8,10-11,13,15H,9,12,14H2,1-3H3,(H,21,22). The first-order valence-electron chi connectivity index (χ1n) is 7.95. The normalized spacial score (nSPS) is 10.7. The van der Waals surface area contributed by atoms with Crippen molar-refractivity contribution >= 4 is 5.91 Å². The van der Waals surface area contributed by atoms with Crippen molar-refractivity contribution in [1.82, 2.24) is 5.32 Å². The lowest BCUT2D eigenvalue weighted by Crippen LogP contribution is -2.23. The van der Waals surface area contributed by atoms with Crippen LogP contribution in [0.3, 0.4) is 0 Å². The molecule has 0 aliphatic heterocycles. The molecule has 0 atom stereocenters. The van der Waals surface area contributed by atoms with Gasteiger partial charge in [0.05, 0.1) is 0 Å². The second kappa shape index (κ2) is 7.79. The number of amides is 1. The fourth-order valence-corrected chi connectivity index (χ4v) is 2.44. The molecule has 0 spiro atoms. The molecule has 0 radical (unpaired) electrons. The summed E-state index contributed by atoms with van der Waals surface area (Å²) in [5, 5.41) is 2.99. The molecular formula is C20H25NO. The van der Waals surface area contributed by atoms with E-state index in [9.17, 15) is 4.79 Å². The van der Waals surface area contributed by atoms with Crippen LogP contribution >= 0.6 is 0 Å². The van der Waals surface area contributed by atoms with Crippen molar-refractivity contribution in [2.24, 2.45) is 0 Å². The fraction of sp³-hybridized carbons (Fsp3) is 0.350. The molecule has 0 aromatic heterocycles. The summed E-state index contributed by atoms with van der Waals surface area (Å²) < 4.78 is 0. The van der Waals surface area contributed by atoms with Crippen molar-refractivity contribution in [2.75, 3.05) is 0 Å². The average Bonchev–Trinajstić information content (AvgIpc) is 2.51. The van der Waals surface area contributed by atoms with E-state index in [1.807, 2.05) is 12.1 Å². The SMILES string of the molecule is Cc1cccc(CNC(=O)CCc2ccc(C(C)C)cc2)c1. The van der Waals surface area contributed by atoms with Crippen LogP contribution in [-0.2, 0) is 17.8 Å². The summed E-state index contributed by atoms with van der Waals surface area (Å²) >= 11 is 0. The molecule has 0 heterocycles. The van der Waals surface area contributed by atoms with E-state index in [1.165, 1.54) is 16.7 Å². The summed E-state index contributed by atoms with van der Waals surface area (Å²) in [6, 6.07) is 16.8. The minimum Gasteiger partial charge on any atom is -0.352 e. The molecule has 0 saturated carbocycles. The second-order valence-electron chi connectivity index (χ2n) is 6.16. The third-order valence-electron chi connectivity index (χ3n) is 3.86. The molecule has 2 nitrogen and oxygen atoms in total. The van der Waals surface area contributed by atoms with Gasteiger partial charge in [0.15, 0.2) is 0 Å². The Hall–Kier alpha value is -2.09. The van der Waals surface area contributed by atoms with E-state index in [2.05, 4.69) is 62.5 Å². The highest BCUT2D eigenvalue weighted by Gasteiger charge is 2.04. The molecular weight excluding hydrogens is 270 g/mol. The number of carbonyl (C=O) groups is 1. The number of carbonyl (C=O) groups excluding carboxylic acids is 1. The molecule has 0 saturated heterocycles. The van der Waals surface area contributed by atoms with Gasteiger partial charge in [-0.3, -0.25) is 4.79 Å². The molecule has 1 N–H and O–H groups in total. The summed E-state index contributed by atoms with van der Waals surface area (Å²) in [6.45, 7) is 7.04. The van der Waals surface area contributed by atoms with Gasteiger partial charge in [-0.1, -0.05) is 67.9 Å². The van der Waals surface area contributed by atoms with Crippen LogP contribution in [0.15, 0.2) is 48.5 Å². The highest BCUT2D eigenvalue weighted by molar-refractivity contribution is 5.76. The Morgan fingerprint density at radius 3 is 2.41 bits per heavy atom. The Bertz CT molecular complexity index is 614. The lowest BCUT2D eigenvalue weighted by Gasteiger charge is -2.08. The van der Waals surface area contributed by atoms with Crippen molar-refractivity contribution in [3.8, 4) is 0 Å². The van der Waals surface area contributed by atoms with Gasteiger partial charge in [-0.25, -0.2) is 0 Å². The summed E-state index contributed by atoms with van der Waals surface area (Å²) in [7, 11) is 0. The Kier molecular flexibility index (Phi) is 5.76. The van der Waals surface area contributed by atoms with E-state index in [4.69, 9.17) is 0 Å². The summed E-state index contributed by atoms with van der Waals surface area (Å²) in [5.41, 5.74) is 4.93. The van der Waals surface area contributed by atoms with Gasteiger partial charge in [0, 0.05) is 13.0 Å². The van der Waals surface area contributed by atoms with Gasteiger partial charge in [0.2, 0.25) is 5.91 Å². The molecule has 0 bridgehead atoms. The van der Waals surface area contributed by atoms with Crippen molar-refractivity contribution in [1.29, 1.82) is 0 Å². The Morgan fingerprint density at radius 1 is 1.05 bits per heavy atom. The van der Waals surface area contributed by atoms with E-state index >= 15 is 0 Å². The van der Waals surface area contributed by atoms with Crippen molar-refractivity contribution in [2.45, 2.75) is 46.1 Å². The first kappa shape index (κ1) is 16.3. The molecule has 22 heavy (non-hydrogen) atoms. The molecule has 2 aromatic rings. The Labute approximate surface area is 133 Å². The number of aryl methyl sites for hydroxylation is 2. The number of nitrogens with one attached hydrogen (secondary N) is 1. The van der Waals surface area contributed by atoms with E-state index in [1.54, 1.807) is 0 Å². The maximum Gasteiger partial charge on any atom is 0.220 e. The van der Waals surface area contributed by atoms with Crippen LogP contribution in [0.1, 0.15) is 48.4 Å². The fourth-order valence-electron chi connectivity index (χ4n) is 2.44. The lowest BCUT2D eigenvalue weighted by molar-refractivity contribution is -0.121. The summed E-state index contributed by atoms with van der Waals surface area (Å²) in [5.74, 6) is 0.654. The first-order valence-corrected chi connectivity index (χ1v) is 7.95. The molecule has 0 unspecified atom stereocenters. The lowest BCUT2D eigenvalue weighted by atomic mass is 10.0. The highest BCUT2D eigenvalue weighted by Crippen LogP contribution is 2.15. The zero-order chi connectivity index (χ0) is 15.9. The first-order chi connectivity index (χ1) is 10.5.